The minimum atomic E-state index is 1.04. The summed E-state index contributed by atoms with van der Waals surface area (Å²) < 4.78 is 0. The van der Waals surface area contributed by atoms with Gasteiger partial charge in [0.05, 0.1) is 0 Å². The van der Waals surface area contributed by atoms with Crippen molar-refractivity contribution in [1.29, 1.82) is 0 Å². The van der Waals surface area contributed by atoms with E-state index in [4.69, 9.17) is 0 Å². The number of fused-ring (bicyclic) bond motifs is 3. The Morgan fingerprint density at radius 2 is 0.762 bits per heavy atom. The highest BCUT2D eigenvalue weighted by atomic mass is 14.1. The topological polar surface area (TPSA) is 0 Å². The normalized spacial score (nSPS) is 10.7. The first-order chi connectivity index (χ1) is 20.7. The molecule has 5 aromatic carbocycles. The number of hydrogen-bond donors (Lipinski definition) is 0. The van der Waals surface area contributed by atoms with E-state index in [0.717, 1.165) is 35.1 Å². The van der Waals surface area contributed by atoms with Gasteiger partial charge in [-0.1, -0.05) is 125 Å². The lowest BCUT2D eigenvalue weighted by atomic mass is 9.98. The van der Waals surface area contributed by atoms with Crippen LogP contribution in [-0.4, -0.2) is 0 Å². The number of aryl methyl sites for hydroxylation is 2. The summed E-state index contributed by atoms with van der Waals surface area (Å²) >= 11 is 0. The van der Waals surface area contributed by atoms with Crippen LogP contribution in [0.5, 0.6) is 0 Å². The maximum absolute atomic E-state index is 3.37. The van der Waals surface area contributed by atoms with Crippen molar-refractivity contribution in [2.24, 2.45) is 0 Å². The Labute approximate surface area is 253 Å². The van der Waals surface area contributed by atoms with E-state index in [1.54, 1.807) is 0 Å². The number of unbranched alkanes of at least 4 members (excludes halogenated alkanes) is 6. The van der Waals surface area contributed by atoms with Crippen LogP contribution in [0.4, 0.5) is 0 Å². The van der Waals surface area contributed by atoms with Gasteiger partial charge in [-0.25, -0.2) is 0 Å². The summed E-state index contributed by atoms with van der Waals surface area (Å²) in [6, 6.07) is 35.0. The minimum Gasteiger partial charge on any atom is -0.0654 e. The largest absolute Gasteiger partial charge is 0.0654 e. The molecule has 0 aliphatic rings. The van der Waals surface area contributed by atoms with Crippen molar-refractivity contribution >= 4 is 21.5 Å². The lowest BCUT2D eigenvalue weighted by Gasteiger charge is -2.05. The van der Waals surface area contributed by atoms with Crippen molar-refractivity contribution in [1.82, 2.24) is 0 Å². The van der Waals surface area contributed by atoms with Crippen LogP contribution in [0.15, 0.2) is 97.1 Å². The molecule has 0 heteroatoms. The Balaban J connectivity index is 1.25. The molecule has 42 heavy (non-hydrogen) atoms. The molecule has 0 saturated heterocycles. The molecule has 0 aliphatic carbocycles. The molecule has 0 bridgehead atoms. The SMILES string of the molecule is CCCCCCc1ccc(C#Cc2ccc3c(ccc4cc(C#Cc5ccc(CCCCCC)cc5)ccc43)c2)cc1. The fourth-order valence-corrected chi connectivity index (χ4v) is 5.54. The zero-order valence-corrected chi connectivity index (χ0v) is 25.3. The van der Waals surface area contributed by atoms with Crippen LogP contribution in [0, 0.1) is 23.7 Å². The predicted octanol–water partition coefficient (Wildman–Crippen LogP) is 11.0. The Hall–Kier alpha value is -4.26. The van der Waals surface area contributed by atoms with Gasteiger partial charge in [0.25, 0.3) is 0 Å². The minimum absolute atomic E-state index is 1.04. The molecule has 0 fully saturated rings. The molecular weight excluding hydrogens is 504 g/mol. The molecule has 0 radical (unpaired) electrons. The van der Waals surface area contributed by atoms with Crippen LogP contribution in [0.2, 0.25) is 0 Å². The highest BCUT2D eigenvalue weighted by Crippen LogP contribution is 2.27. The van der Waals surface area contributed by atoms with Gasteiger partial charge in [0.15, 0.2) is 0 Å². The fourth-order valence-electron chi connectivity index (χ4n) is 5.54. The van der Waals surface area contributed by atoms with E-state index in [9.17, 15) is 0 Å². The first kappa shape index (κ1) is 29.2. The third-order valence-electron chi connectivity index (χ3n) is 8.08. The molecule has 0 spiro atoms. The van der Waals surface area contributed by atoms with Gasteiger partial charge in [0, 0.05) is 22.3 Å². The molecule has 0 heterocycles. The molecule has 0 atom stereocenters. The second-order valence-electron chi connectivity index (χ2n) is 11.5. The molecular formula is C42H42. The van der Waals surface area contributed by atoms with E-state index in [2.05, 4.69) is 135 Å². The zero-order valence-electron chi connectivity index (χ0n) is 25.3. The predicted molar refractivity (Wildman–Crippen MR) is 182 cm³/mol. The summed E-state index contributed by atoms with van der Waals surface area (Å²) in [7, 11) is 0. The number of hydrogen-bond acceptors (Lipinski definition) is 0. The lowest BCUT2D eigenvalue weighted by molar-refractivity contribution is 0.667. The van der Waals surface area contributed by atoms with Crippen LogP contribution in [0.1, 0.15) is 98.6 Å². The van der Waals surface area contributed by atoms with Crippen molar-refractivity contribution in [3.63, 3.8) is 0 Å². The maximum atomic E-state index is 3.37. The van der Waals surface area contributed by atoms with E-state index in [0.29, 0.717) is 0 Å². The third kappa shape index (κ3) is 8.15. The molecule has 0 aromatic heterocycles. The zero-order chi connectivity index (χ0) is 29.0. The van der Waals surface area contributed by atoms with Gasteiger partial charge >= 0.3 is 0 Å². The smallest absolute Gasteiger partial charge is 0.0255 e. The van der Waals surface area contributed by atoms with Gasteiger partial charge in [0.2, 0.25) is 0 Å². The van der Waals surface area contributed by atoms with Gasteiger partial charge < -0.3 is 0 Å². The van der Waals surface area contributed by atoms with Crippen molar-refractivity contribution < 1.29 is 0 Å². The van der Waals surface area contributed by atoms with Gasteiger partial charge in [-0.3, -0.25) is 0 Å². The van der Waals surface area contributed by atoms with Crippen LogP contribution in [0.25, 0.3) is 21.5 Å². The van der Waals surface area contributed by atoms with Crippen molar-refractivity contribution in [2.75, 3.05) is 0 Å². The van der Waals surface area contributed by atoms with E-state index in [1.165, 1.54) is 84.0 Å². The molecule has 5 rings (SSSR count). The molecule has 0 amide bonds. The average molecular weight is 547 g/mol. The van der Waals surface area contributed by atoms with Crippen LogP contribution < -0.4 is 0 Å². The van der Waals surface area contributed by atoms with Crippen molar-refractivity contribution in [3.05, 3.63) is 130 Å². The average Bonchev–Trinajstić information content (AvgIpc) is 3.04. The van der Waals surface area contributed by atoms with Gasteiger partial charge in [-0.2, -0.15) is 0 Å². The molecule has 0 N–H and O–H groups in total. The number of benzene rings is 5. The quantitative estimate of drug-likeness (QED) is 0.0928. The second kappa shape index (κ2) is 15.1. The van der Waals surface area contributed by atoms with Crippen molar-refractivity contribution in [3.8, 4) is 23.7 Å². The highest BCUT2D eigenvalue weighted by molar-refractivity contribution is 6.08. The standard InChI is InChI=1S/C42H42/c1-3-5-7-9-11-33-13-17-35(18-14-33)21-23-37-25-29-41-39(31-37)27-28-40-32-38(26-30-42(40)41)24-22-36-19-15-34(16-20-36)12-10-8-6-4-2/h13-20,25-32H,3-12H2,1-2H3. The monoisotopic (exact) mass is 546 g/mol. The summed E-state index contributed by atoms with van der Waals surface area (Å²) in [5.74, 6) is 13.4. The van der Waals surface area contributed by atoms with Gasteiger partial charge in [0.1, 0.15) is 0 Å². The Morgan fingerprint density at radius 3 is 1.17 bits per heavy atom. The summed E-state index contributed by atoms with van der Waals surface area (Å²) in [4.78, 5) is 0. The third-order valence-corrected chi connectivity index (χ3v) is 8.08. The maximum Gasteiger partial charge on any atom is 0.0255 e. The van der Waals surface area contributed by atoms with E-state index < -0.39 is 0 Å². The molecule has 0 nitrogen and oxygen atoms in total. The molecule has 0 aliphatic heterocycles. The first-order valence-corrected chi connectivity index (χ1v) is 15.9. The Bertz CT molecular complexity index is 1600. The summed E-state index contributed by atoms with van der Waals surface area (Å²) in [6.45, 7) is 4.52. The Morgan fingerprint density at radius 1 is 0.381 bits per heavy atom. The van der Waals surface area contributed by atoms with E-state index in [1.807, 2.05) is 0 Å². The van der Waals surface area contributed by atoms with Gasteiger partial charge in [-0.15, -0.1) is 0 Å². The van der Waals surface area contributed by atoms with E-state index in [-0.39, 0.29) is 0 Å². The summed E-state index contributed by atoms with van der Waals surface area (Å²) in [5, 5.41) is 4.93. The van der Waals surface area contributed by atoms with Crippen LogP contribution >= 0.6 is 0 Å². The highest BCUT2D eigenvalue weighted by Gasteiger charge is 2.03. The summed E-state index contributed by atoms with van der Waals surface area (Å²) in [5.41, 5.74) is 7.03. The molecule has 5 aromatic rings. The Kier molecular flexibility index (Phi) is 10.5. The first-order valence-electron chi connectivity index (χ1n) is 15.9. The van der Waals surface area contributed by atoms with E-state index >= 15 is 0 Å². The number of rotatable bonds is 10. The second-order valence-corrected chi connectivity index (χ2v) is 11.5. The molecule has 0 unspecified atom stereocenters. The lowest BCUT2D eigenvalue weighted by Crippen LogP contribution is -1.86. The summed E-state index contributed by atoms with van der Waals surface area (Å²) in [6.07, 6.45) is 12.7. The van der Waals surface area contributed by atoms with Crippen molar-refractivity contribution in [2.45, 2.75) is 78.1 Å². The molecule has 0 saturated carbocycles. The fraction of sp³-hybridized carbons (Fsp3) is 0.286. The van der Waals surface area contributed by atoms with Crippen LogP contribution in [-0.2, 0) is 12.8 Å². The van der Waals surface area contributed by atoms with Gasteiger partial charge in [-0.05, 0) is 107 Å². The molecule has 210 valence electrons. The van der Waals surface area contributed by atoms with Crippen LogP contribution in [0.3, 0.4) is 0 Å².